The fourth-order valence-electron chi connectivity index (χ4n) is 6.23. The SMILES string of the molecule is CCCCCCCC(CCCCCC)CCCN(CCCN(CCCN)CCCN)CCCN(CCCN)CCCN. The highest BCUT2D eigenvalue weighted by Gasteiger charge is 2.13. The van der Waals surface area contributed by atoms with Crippen LogP contribution in [0.5, 0.6) is 0 Å². The van der Waals surface area contributed by atoms with E-state index in [-0.39, 0.29) is 0 Å². The molecule has 0 aromatic carbocycles. The van der Waals surface area contributed by atoms with Crippen LogP contribution in [0, 0.1) is 5.92 Å². The Morgan fingerprint density at radius 3 is 0.976 bits per heavy atom. The number of nitrogens with two attached hydrogens (primary N) is 4. The van der Waals surface area contributed by atoms with Crippen molar-refractivity contribution < 1.29 is 0 Å². The van der Waals surface area contributed by atoms with Crippen LogP contribution in [-0.4, -0.2) is 99.8 Å². The molecule has 42 heavy (non-hydrogen) atoms. The van der Waals surface area contributed by atoms with E-state index in [0.29, 0.717) is 0 Å². The van der Waals surface area contributed by atoms with E-state index in [0.717, 1.165) is 97.0 Å². The molecule has 1 atom stereocenters. The van der Waals surface area contributed by atoms with Crippen LogP contribution in [0.25, 0.3) is 0 Å². The van der Waals surface area contributed by atoms with Crippen molar-refractivity contribution in [3.8, 4) is 0 Å². The van der Waals surface area contributed by atoms with E-state index in [1.165, 1.54) is 116 Å². The Morgan fingerprint density at radius 2 is 0.619 bits per heavy atom. The van der Waals surface area contributed by atoms with Crippen molar-refractivity contribution in [2.75, 3.05) is 85.1 Å². The van der Waals surface area contributed by atoms with Gasteiger partial charge in [-0.3, -0.25) is 0 Å². The molecule has 0 radical (unpaired) electrons. The Morgan fingerprint density at radius 1 is 0.333 bits per heavy atom. The summed E-state index contributed by atoms with van der Waals surface area (Å²) in [6.45, 7) is 18.1. The first-order valence-corrected chi connectivity index (χ1v) is 18.6. The first-order valence-electron chi connectivity index (χ1n) is 18.6. The quantitative estimate of drug-likeness (QED) is 0.0683. The van der Waals surface area contributed by atoms with Crippen molar-refractivity contribution >= 4 is 0 Å². The smallest absolute Gasteiger partial charge is 0.000653 e. The minimum Gasteiger partial charge on any atom is -0.330 e. The Kier molecular flexibility index (Phi) is 33.4. The molecule has 0 bridgehead atoms. The molecule has 0 aromatic heterocycles. The molecule has 0 fully saturated rings. The predicted octanol–water partition coefficient (Wildman–Crippen LogP) is 5.80. The lowest BCUT2D eigenvalue weighted by Crippen LogP contribution is -2.35. The monoisotopic (exact) mass is 598 g/mol. The molecule has 1 unspecified atom stereocenters. The highest BCUT2D eigenvalue weighted by atomic mass is 15.2. The Balaban J connectivity index is 4.98. The van der Waals surface area contributed by atoms with E-state index < -0.39 is 0 Å². The molecule has 7 heteroatoms. The molecule has 0 aliphatic rings. The first-order chi connectivity index (χ1) is 20.6. The minimum absolute atomic E-state index is 0.772. The third kappa shape index (κ3) is 27.3. The predicted molar refractivity (Wildman–Crippen MR) is 188 cm³/mol. The van der Waals surface area contributed by atoms with Crippen LogP contribution in [-0.2, 0) is 0 Å². The van der Waals surface area contributed by atoms with Gasteiger partial charge in [0.2, 0.25) is 0 Å². The number of nitrogens with zero attached hydrogens (tertiary/aromatic N) is 3. The molecular formula is C35H79N7. The summed E-state index contributed by atoms with van der Waals surface area (Å²) in [6, 6.07) is 0. The lowest BCUT2D eigenvalue weighted by Gasteiger charge is -2.28. The van der Waals surface area contributed by atoms with Crippen LogP contribution in [0.3, 0.4) is 0 Å². The molecule has 0 aromatic rings. The molecule has 7 nitrogen and oxygen atoms in total. The van der Waals surface area contributed by atoms with E-state index in [1.807, 2.05) is 0 Å². The summed E-state index contributed by atoms with van der Waals surface area (Å²) in [5, 5.41) is 0. The molecule has 0 saturated heterocycles. The average Bonchev–Trinajstić information content (AvgIpc) is 3.00. The maximum Gasteiger partial charge on any atom is -0.000653 e. The van der Waals surface area contributed by atoms with Crippen molar-refractivity contribution in [2.45, 2.75) is 136 Å². The van der Waals surface area contributed by atoms with Gasteiger partial charge in [0.15, 0.2) is 0 Å². The second-order valence-corrected chi connectivity index (χ2v) is 12.9. The third-order valence-electron chi connectivity index (χ3n) is 8.88. The van der Waals surface area contributed by atoms with Gasteiger partial charge >= 0.3 is 0 Å². The van der Waals surface area contributed by atoms with Gasteiger partial charge in [0.25, 0.3) is 0 Å². The largest absolute Gasteiger partial charge is 0.330 e. The summed E-state index contributed by atoms with van der Waals surface area (Å²) in [6.07, 6.45) is 25.1. The molecule has 254 valence electrons. The summed E-state index contributed by atoms with van der Waals surface area (Å²) < 4.78 is 0. The van der Waals surface area contributed by atoms with Gasteiger partial charge < -0.3 is 37.6 Å². The fourth-order valence-corrected chi connectivity index (χ4v) is 6.23. The number of rotatable bonds is 35. The number of hydrogen-bond acceptors (Lipinski definition) is 7. The van der Waals surface area contributed by atoms with Gasteiger partial charge in [0.05, 0.1) is 0 Å². The molecular weight excluding hydrogens is 518 g/mol. The third-order valence-corrected chi connectivity index (χ3v) is 8.88. The molecule has 0 heterocycles. The lowest BCUT2D eigenvalue weighted by molar-refractivity contribution is 0.200. The van der Waals surface area contributed by atoms with Crippen LogP contribution in [0.4, 0.5) is 0 Å². The van der Waals surface area contributed by atoms with Gasteiger partial charge in [-0.1, -0.05) is 84.5 Å². The van der Waals surface area contributed by atoms with Crippen LogP contribution < -0.4 is 22.9 Å². The Labute approximate surface area is 264 Å². The summed E-state index contributed by atoms with van der Waals surface area (Å²) in [5.74, 6) is 0.927. The molecule has 0 spiro atoms. The van der Waals surface area contributed by atoms with Gasteiger partial charge in [-0.2, -0.15) is 0 Å². The van der Waals surface area contributed by atoms with E-state index in [1.54, 1.807) is 0 Å². The van der Waals surface area contributed by atoms with Crippen molar-refractivity contribution in [3.63, 3.8) is 0 Å². The highest BCUT2D eigenvalue weighted by Crippen LogP contribution is 2.23. The average molecular weight is 598 g/mol. The lowest BCUT2D eigenvalue weighted by atomic mass is 9.90. The van der Waals surface area contributed by atoms with Crippen LogP contribution in [0.15, 0.2) is 0 Å². The van der Waals surface area contributed by atoms with Crippen LogP contribution in [0.1, 0.15) is 136 Å². The van der Waals surface area contributed by atoms with E-state index >= 15 is 0 Å². The van der Waals surface area contributed by atoms with Gasteiger partial charge in [-0.15, -0.1) is 0 Å². The summed E-state index contributed by atoms with van der Waals surface area (Å²) in [5.41, 5.74) is 23.3. The zero-order chi connectivity index (χ0) is 30.9. The van der Waals surface area contributed by atoms with Gasteiger partial charge in [-0.25, -0.2) is 0 Å². The van der Waals surface area contributed by atoms with E-state index in [2.05, 4.69) is 28.5 Å². The van der Waals surface area contributed by atoms with Crippen molar-refractivity contribution in [2.24, 2.45) is 28.9 Å². The molecule has 0 aliphatic heterocycles. The van der Waals surface area contributed by atoms with Crippen LogP contribution in [0.2, 0.25) is 0 Å². The molecule has 0 aliphatic carbocycles. The number of hydrogen-bond donors (Lipinski definition) is 4. The first kappa shape index (κ1) is 41.7. The molecule has 8 N–H and O–H groups in total. The zero-order valence-electron chi connectivity index (χ0n) is 28.9. The normalized spacial score (nSPS) is 12.8. The van der Waals surface area contributed by atoms with E-state index in [9.17, 15) is 0 Å². The van der Waals surface area contributed by atoms with Gasteiger partial charge in [0, 0.05) is 0 Å². The molecule has 0 saturated carbocycles. The van der Waals surface area contributed by atoms with Crippen molar-refractivity contribution in [1.29, 1.82) is 0 Å². The molecule has 0 amide bonds. The second kappa shape index (κ2) is 33.6. The van der Waals surface area contributed by atoms with E-state index in [4.69, 9.17) is 22.9 Å². The Bertz CT molecular complexity index is 466. The maximum absolute atomic E-state index is 5.82. The zero-order valence-corrected chi connectivity index (χ0v) is 28.9. The van der Waals surface area contributed by atoms with Crippen molar-refractivity contribution in [1.82, 2.24) is 14.7 Å². The second-order valence-electron chi connectivity index (χ2n) is 12.9. The van der Waals surface area contributed by atoms with Gasteiger partial charge in [-0.05, 0) is 142 Å². The van der Waals surface area contributed by atoms with Crippen LogP contribution >= 0.6 is 0 Å². The summed E-state index contributed by atoms with van der Waals surface area (Å²) >= 11 is 0. The Hall–Kier alpha value is -0.280. The standard InChI is InChI=1S/C35H79N7/c1-3-5-7-9-11-20-35(19-10-8-6-4-2)21-12-26-40(31-17-33-41(27-13-22-36)28-14-23-37)32-18-34-42(29-15-24-38)30-16-25-39/h35H,3-34,36-39H2,1-2H3. The topological polar surface area (TPSA) is 114 Å². The minimum atomic E-state index is 0.772. The number of unbranched alkanes of at least 4 members (excludes halogenated alkanes) is 7. The summed E-state index contributed by atoms with van der Waals surface area (Å²) in [4.78, 5) is 7.96. The summed E-state index contributed by atoms with van der Waals surface area (Å²) in [7, 11) is 0. The van der Waals surface area contributed by atoms with Gasteiger partial charge in [0.1, 0.15) is 0 Å². The fraction of sp³-hybridized carbons (Fsp3) is 1.00. The van der Waals surface area contributed by atoms with Crippen molar-refractivity contribution in [3.05, 3.63) is 0 Å². The molecule has 0 rings (SSSR count). The highest BCUT2D eigenvalue weighted by molar-refractivity contribution is 4.68. The maximum atomic E-state index is 5.82.